The van der Waals surface area contributed by atoms with Crippen molar-refractivity contribution >= 4 is 55.7 Å². The van der Waals surface area contributed by atoms with Gasteiger partial charge in [0.15, 0.2) is 0 Å². The molecule has 0 amide bonds. The third kappa shape index (κ3) is 7.02. The minimum Gasteiger partial charge on any atom is -0.310 e. The van der Waals surface area contributed by atoms with Gasteiger partial charge in [-0.15, -0.1) is 0 Å². The molecule has 2 aliphatic rings. The molecule has 2 nitrogen and oxygen atoms in total. The monoisotopic (exact) mass is 896 g/mol. The first-order chi connectivity index (χ1) is 34.7. The van der Waals surface area contributed by atoms with Crippen LogP contribution < -0.4 is 9.80 Å². The van der Waals surface area contributed by atoms with Gasteiger partial charge in [-0.2, -0.15) is 0 Å². The highest BCUT2D eigenvalue weighted by Gasteiger charge is 2.44. The predicted molar refractivity (Wildman–Crippen MR) is 295 cm³/mol. The zero-order chi connectivity index (χ0) is 46.4. The van der Waals surface area contributed by atoms with Crippen LogP contribution in [0.5, 0.6) is 0 Å². The van der Waals surface area contributed by atoms with Crippen molar-refractivity contribution in [3.05, 3.63) is 288 Å². The van der Waals surface area contributed by atoms with Crippen molar-refractivity contribution in [2.75, 3.05) is 9.80 Å². The van der Waals surface area contributed by atoms with E-state index in [0.717, 1.165) is 59.8 Å². The lowest BCUT2D eigenvalue weighted by molar-refractivity contribution is 0.543. The zero-order valence-corrected chi connectivity index (χ0v) is 39.2. The van der Waals surface area contributed by atoms with Crippen molar-refractivity contribution in [2.45, 2.75) is 37.5 Å². The van der Waals surface area contributed by atoms with Crippen LogP contribution in [0.25, 0.3) is 43.8 Å². The Balaban J connectivity index is 1.05. The first kappa shape index (κ1) is 41.7. The minimum absolute atomic E-state index is 0.279. The summed E-state index contributed by atoms with van der Waals surface area (Å²) in [7, 11) is 0. The third-order valence-electron chi connectivity index (χ3n) is 15.2. The topological polar surface area (TPSA) is 6.48 Å². The van der Waals surface area contributed by atoms with E-state index in [4.69, 9.17) is 0 Å². The average Bonchev–Trinajstić information content (AvgIpc) is 3.70. The van der Waals surface area contributed by atoms with Gasteiger partial charge in [-0.05, 0) is 182 Å². The van der Waals surface area contributed by atoms with Crippen LogP contribution in [0.4, 0.5) is 34.1 Å². The predicted octanol–water partition coefficient (Wildman–Crippen LogP) is 18.0. The molecule has 0 heterocycles. The fraction of sp³-hybridized carbons (Fsp3) is 0.0882. The molecule has 0 N–H and O–H groups in total. The van der Waals surface area contributed by atoms with Gasteiger partial charge in [0.05, 0.1) is 0 Å². The van der Waals surface area contributed by atoms with Gasteiger partial charge in [0.25, 0.3) is 0 Å². The van der Waals surface area contributed by atoms with Gasteiger partial charge < -0.3 is 9.80 Å². The van der Waals surface area contributed by atoms with Gasteiger partial charge in [-0.25, -0.2) is 0 Å². The lowest BCUT2D eigenvalue weighted by Crippen LogP contribution is -2.28. The molecule has 0 fully saturated rings. The maximum Gasteiger partial charge on any atom is 0.0468 e. The smallest absolute Gasteiger partial charge is 0.0468 e. The third-order valence-corrected chi connectivity index (χ3v) is 15.2. The first-order valence-electron chi connectivity index (χ1n) is 24.9. The summed E-state index contributed by atoms with van der Waals surface area (Å²) in [5.41, 5.74) is 20.4. The molecule has 0 aromatic heterocycles. The molecule has 334 valence electrons. The van der Waals surface area contributed by atoms with E-state index in [1.54, 1.807) is 0 Å². The van der Waals surface area contributed by atoms with Gasteiger partial charge in [0, 0.05) is 39.5 Å². The second kappa shape index (κ2) is 17.6. The Kier molecular flexibility index (Phi) is 10.5. The fourth-order valence-electron chi connectivity index (χ4n) is 12.0. The molecule has 0 saturated carbocycles. The van der Waals surface area contributed by atoms with Crippen LogP contribution in [-0.4, -0.2) is 0 Å². The summed E-state index contributed by atoms with van der Waals surface area (Å²) in [6.45, 7) is 0. The molecule has 11 aromatic rings. The van der Waals surface area contributed by atoms with E-state index in [1.807, 2.05) is 0 Å². The molecule has 0 spiro atoms. The highest BCUT2D eigenvalue weighted by Crippen LogP contribution is 2.56. The molecule has 70 heavy (non-hydrogen) atoms. The molecule has 2 aliphatic carbocycles. The first-order valence-corrected chi connectivity index (χ1v) is 24.9. The Hall–Kier alpha value is -8.46. The Labute approximate surface area is 411 Å². The summed E-state index contributed by atoms with van der Waals surface area (Å²) in [6, 6.07) is 94.6. The fourth-order valence-corrected chi connectivity index (χ4v) is 12.0. The van der Waals surface area contributed by atoms with Crippen LogP contribution in [0.2, 0.25) is 0 Å². The van der Waals surface area contributed by atoms with E-state index in [2.05, 4.69) is 265 Å². The second-order valence-corrected chi connectivity index (χ2v) is 19.0. The molecule has 0 atom stereocenters. The van der Waals surface area contributed by atoms with Gasteiger partial charge in [-0.3, -0.25) is 0 Å². The van der Waals surface area contributed by atoms with Crippen LogP contribution in [-0.2, 0) is 24.7 Å². The van der Waals surface area contributed by atoms with Crippen LogP contribution in [0, 0.1) is 0 Å². The molecule has 0 unspecified atom stereocenters. The van der Waals surface area contributed by atoms with Crippen molar-refractivity contribution in [1.82, 2.24) is 0 Å². The van der Waals surface area contributed by atoms with E-state index in [0.29, 0.717) is 0 Å². The van der Waals surface area contributed by atoms with Gasteiger partial charge in [0.1, 0.15) is 0 Å². The Morgan fingerprint density at radius 1 is 0.343 bits per heavy atom. The van der Waals surface area contributed by atoms with Crippen molar-refractivity contribution in [1.29, 1.82) is 0 Å². The normalized spacial score (nSPS) is 13.0. The quantitative estimate of drug-likeness (QED) is 0.113. The molecule has 2 heteroatoms. The number of benzene rings is 11. The molecule has 11 aromatic carbocycles. The Bertz CT molecular complexity index is 3550. The summed E-state index contributed by atoms with van der Waals surface area (Å²) in [4.78, 5) is 4.80. The van der Waals surface area contributed by atoms with E-state index in [1.165, 1.54) is 83.6 Å². The van der Waals surface area contributed by atoms with Crippen molar-refractivity contribution < 1.29 is 0 Å². The highest BCUT2D eigenvalue weighted by molar-refractivity contribution is 6.17. The van der Waals surface area contributed by atoms with Crippen LogP contribution in [0.15, 0.2) is 255 Å². The lowest BCUT2D eigenvalue weighted by Gasteiger charge is -2.35. The van der Waals surface area contributed by atoms with Crippen LogP contribution >= 0.6 is 0 Å². The van der Waals surface area contributed by atoms with Crippen molar-refractivity contribution in [2.24, 2.45) is 0 Å². The van der Waals surface area contributed by atoms with Gasteiger partial charge >= 0.3 is 0 Å². The minimum atomic E-state index is -0.279. The molecule has 0 saturated heterocycles. The number of rotatable bonds is 12. The summed E-state index contributed by atoms with van der Waals surface area (Å²) in [5.74, 6) is 0. The van der Waals surface area contributed by atoms with E-state index in [9.17, 15) is 0 Å². The largest absolute Gasteiger partial charge is 0.310 e. The van der Waals surface area contributed by atoms with Gasteiger partial charge in [-0.1, -0.05) is 182 Å². The zero-order valence-electron chi connectivity index (χ0n) is 39.2. The molecular weight excluding hydrogens is 845 g/mol. The Morgan fingerprint density at radius 3 is 1.27 bits per heavy atom. The maximum absolute atomic E-state index is 2.55. The summed E-state index contributed by atoms with van der Waals surface area (Å²) in [6.07, 6.45) is 5.18. The molecule has 13 rings (SSSR count). The standard InChI is InChI=1S/C68H52N2/c1-6-21-49(22-7-1)67-62(33-20-44-68(51-39-38-48-36-37-50(48)45-51)65-34-18-16-31-60(65)61-32-17-19-35-66(61)68)63-46-56(69(52-23-8-2-9-24-52)53-25-10-3-11-26-53)40-42-58(63)59-43-41-57(47-64(59)67)70(54-27-12-4-13-28-54)55-29-14-5-15-30-55/h1-19,21-32,34-35,38-43,45-47H,20,33,36-37,44H2. The molecule has 0 bridgehead atoms. The summed E-state index contributed by atoms with van der Waals surface area (Å²) < 4.78 is 0. The highest BCUT2D eigenvalue weighted by atomic mass is 15.1. The number of para-hydroxylation sites is 4. The molecule has 0 aliphatic heterocycles. The van der Waals surface area contributed by atoms with Gasteiger partial charge in [0.2, 0.25) is 0 Å². The number of hydrogen-bond donors (Lipinski definition) is 0. The molecular formula is C68H52N2. The number of nitrogens with zero attached hydrogens (tertiary/aromatic N) is 2. The van der Waals surface area contributed by atoms with E-state index in [-0.39, 0.29) is 5.41 Å². The van der Waals surface area contributed by atoms with E-state index >= 15 is 0 Å². The number of aryl methyl sites for hydroxylation is 3. The number of fused-ring (bicyclic) bond motifs is 7. The number of anilines is 6. The Morgan fingerprint density at radius 2 is 0.786 bits per heavy atom. The van der Waals surface area contributed by atoms with Crippen molar-refractivity contribution in [3.63, 3.8) is 0 Å². The number of hydrogen-bond acceptors (Lipinski definition) is 2. The van der Waals surface area contributed by atoms with Crippen molar-refractivity contribution in [3.8, 4) is 22.3 Å². The second-order valence-electron chi connectivity index (χ2n) is 19.0. The SMILES string of the molecule is c1ccc(-c2c(CCCC3(c4ccc5c(c4)CC5)c4ccccc4-c4ccccc43)c3cc(N(c4ccccc4)c4ccccc4)ccc3c3ccc(N(c4ccccc4)c4ccccc4)cc23)cc1. The van der Waals surface area contributed by atoms with E-state index < -0.39 is 0 Å². The molecule has 0 radical (unpaired) electrons. The van der Waals surface area contributed by atoms with Crippen LogP contribution in [0.1, 0.15) is 46.2 Å². The lowest BCUT2D eigenvalue weighted by atomic mass is 9.67. The maximum atomic E-state index is 2.55. The van der Waals surface area contributed by atoms with Crippen LogP contribution in [0.3, 0.4) is 0 Å². The summed E-state index contributed by atoms with van der Waals surface area (Å²) >= 11 is 0. The summed E-state index contributed by atoms with van der Waals surface area (Å²) in [5, 5.41) is 5.06. The average molecular weight is 897 g/mol.